The maximum atomic E-state index is 13.1. The topological polar surface area (TPSA) is 103 Å². The monoisotopic (exact) mass is 417 g/mol. The number of benzene rings is 2. The molecule has 0 aliphatic heterocycles. The minimum absolute atomic E-state index is 0.106. The zero-order valence-electron chi connectivity index (χ0n) is 15.0. The van der Waals surface area contributed by atoms with Crippen molar-refractivity contribution < 1.29 is 31.6 Å². The predicted octanol–water partition coefficient (Wildman–Crippen LogP) is 3.19. The number of hydrogen-bond donors (Lipinski definition) is 1. The van der Waals surface area contributed by atoms with E-state index >= 15 is 0 Å². The third-order valence-corrected chi connectivity index (χ3v) is 5.50. The smallest absolute Gasteiger partial charge is 0.375 e. The Balaban J connectivity index is 1.62. The van der Waals surface area contributed by atoms with Crippen LogP contribution in [0.25, 0.3) is 0 Å². The lowest BCUT2D eigenvalue weighted by Crippen LogP contribution is -2.21. The Morgan fingerprint density at radius 3 is 2.52 bits per heavy atom. The first-order valence-corrected chi connectivity index (χ1v) is 10.1. The van der Waals surface area contributed by atoms with Crippen LogP contribution in [0.1, 0.15) is 16.1 Å². The molecule has 0 radical (unpaired) electrons. The zero-order chi connectivity index (χ0) is 20.9. The van der Waals surface area contributed by atoms with Crippen LogP contribution in [-0.4, -0.2) is 26.9 Å². The highest BCUT2D eigenvalue weighted by molar-refractivity contribution is 7.90. The Labute approximate surface area is 166 Å². The maximum absolute atomic E-state index is 13.1. The first-order valence-electron chi connectivity index (χ1n) is 8.42. The molecule has 0 aliphatic rings. The number of sulfone groups is 1. The molecule has 1 heterocycles. The van der Waals surface area contributed by atoms with Gasteiger partial charge >= 0.3 is 5.97 Å². The number of anilines is 1. The van der Waals surface area contributed by atoms with Gasteiger partial charge in [0.25, 0.3) is 5.91 Å². The molecular weight excluding hydrogens is 401 g/mol. The van der Waals surface area contributed by atoms with Crippen molar-refractivity contribution in [2.24, 2.45) is 0 Å². The summed E-state index contributed by atoms with van der Waals surface area (Å²) in [4.78, 5) is 24.2. The molecule has 2 aromatic carbocycles. The highest BCUT2D eigenvalue weighted by Gasteiger charge is 2.24. The van der Waals surface area contributed by atoms with Gasteiger partial charge in [-0.2, -0.15) is 0 Å². The van der Waals surface area contributed by atoms with E-state index in [0.29, 0.717) is 0 Å². The Morgan fingerprint density at radius 1 is 1.03 bits per heavy atom. The van der Waals surface area contributed by atoms with Crippen LogP contribution in [-0.2, 0) is 25.1 Å². The van der Waals surface area contributed by atoms with Crippen molar-refractivity contribution in [3.05, 3.63) is 84.1 Å². The molecule has 0 saturated carbocycles. The largest absolute Gasteiger partial charge is 0.457 e. The van der Waals surface area contributed by atoms with Crippen LogP contribution in [0.15, 0.2) is 76.2 Å². The standard InChI is InChI=1S/C20H16FNO6S/c21-15-5-4-6-16(11-15)22-18(23)12-28-20(24)19-14(9-10-27-19)13-29(25,26)17-7-2-1-3-8-17/h1-11H,12-13H2,(H,22,23). The van der Waals surface area contributed by atoms with Crippen molar-refractivity contribution in [2.45, 2.75) is 10.6 Å². The molecule has 1 aromatic heterocycles. The van der Waals surface area contributed by atoms with Crippen LogP contribution < -0.4 is 5.32 Å². The Bertz CT molecular complexity index is 1120. The zero-order valence-corrected chi connectivity index (χ0v) is 15.8. The quantitative estimate of drug-likeness (QED) is 0.593. The summed E-state index contributed by atoms with van der Waals surface area (Å²) >= 11 is 0. The van der Waals surface area contributed by atoms with E-state index in [-0.39, 0.29) is 21.9 Å². The molecule has 0 atom stereocenters. The fourth-order valence-electron chi connectivity index (χ4n) is 2.50. The van der Waals surface area contributed by atoms with Gasteiger partial charge in [-0.15, -0.1) is 0 Å². The highest BCUT2D eigenvalue weighted by atomic mass is 32.2. The summed E-state index contributed by atoms with van der Waals surface area (Å²) in [5.74, 6) is -2.97. The minimum Gasteiger partial charge on any atom is -0.457 e. The first-order chi connectivity index (χ1) is 13.8. The summed E-state index contributed by atoms with van der Waals surface area (Å²) < 4.78 is 48.0. The SMILES string of the molecule is O=C(COC(=O)c1occc1CS(=O)(=O)c1ccccc1)Nc1cccc(F)c1. The van der Waals surface area contributed by atoms with E-state index in [9.17, 15) is 22.4 Å². The molecule has 0 saturated heterocycles. The number of rotatable bonds is 7. The number of hydrogen-bond acceptors (Lipinski definition) is 6. The summed E-state index contributed by atoms with van der Waals surface area (Å²) in [5, 5.41) is 2.38. The molecule has 29 heavy (non-hydrogen) atoms. The summed E-state index contributed by atoms with van der Waals surface area (Å²) in [5.41, 5.74) is 0.322. The van der Waals surface area contributed by atoms with Crippen molar-refractivity contribution in [2.75, 3.05) is 11.9 Å². The number of carbonyl (C=O) groups excluding carboxylic acids is 2. The lowest BCUT2D eigenvalue weighted by Gasteiger charge is -2.07. The van der Waals surface area contributed by atoms with Gasteiger partial charge in [0, 0.05) is 11.3 Å². The predicted molar refractivity (Wildman–Crippen MR) is 101 cm³/mol. The number of esters is 1. The summed E-state index contributed by atoms with van der Waals surface area (Å²) in [6, 6.07) is 14.3. The third kappa shape index (κ3) is 5.29. The lowest BCUT2D eigenvalue weighted by atomic mass is 10.3. The van der Waals surface area contributed by atoms with E-state index < -0.39 is 39.9 Å². The van der Waals surface area contributed by atoms with Crippen molar-refractivity contribution >= 4 is 27.4 Å². The number of ether oxygens (including phenoxy) is 1. The highest BCUT2D eigenvalue weighted by Crippen LogP contribution is 2.20. The number of nitrogens with one attached hydrogen (secondary N) is 1. The van der Waals surface area contributed by atoms with Crippen molar-refractivity contribution in [1.82, 2.24) is 0 Å². The molecule has 0 unspecified atom stereocenters. The van der Waals surface area contributed by atoms with E-state index in [4.69, 9.17) is 9.15 Å². The van der Waals surface area contributed by atoms with Crippen LogP contribution >= 0.6 is 0 Å². The molecule has 3 aromatic rings. The number of furan rings is 1. The Kier molecular flexibility index (Phi) is 6.08. The minimum atomic E-state index is -3.70. The van der Waals surface area contributed by atoms with E-state index in [1.807, 2.05) is 0 Å². The second-order valence-electron chi connectivity index (χ2n) is 5.98. The first kappa shape index (κ1) is 20.3. The normalized spacial score (nSPS) is 11.1. The molecular formula is C20H16FNO6S. The summed E-state index contributed by atoms with van der Waals surface area (Å²) in [6.07, 6.45) is 1.17. The van der Waals surface area contributed by atoms with Gasteiger partial charge in [0.1, 0.15) is 5.82 Å². The number of amides is 1. The second kappa shape index (κ2) is 8.70. The number of carbonyl (C=O) groups is 2. The van der Waals surface area contributed by atoms with Gasteiger partial charge < -0.3 is 14.5 Å². The maximum Gasteiger partial charge on any atom is 0.375 e. The van der Waals surface area contributed by atoms with E-state index in [1.54, 1.807) is 18.2 Å². The second-order valence-corrected chi connectivity index (χ2v) is 7.97. The van der Waals surface area contributed by atoms with Gasteiger partial charge in [-0.25, -0.2) is 17.6 Å². The lowest BCUT2D eigenvalue weighted by molar-refractivity contribution is -0.119. The molecule has 0 spiro atoms. The fraction of sp³-hybridized carbons (Fsp3) is 0.100. The van der Waals surface area contributed by atoms with Crippen LogP contribution in [0, 0.1) is 5.82 Å². The van der Waals surface area contributed by atoms with E-state index in [1.165, 1.54) is 42.7 Å². The molecule has 3 rings (SSSR count). The summed E-state index contributed by atoms with van der Waals surface area (Å²) in [7, 11) is -3.70. The van der Waals surface area contributed by atoms with Crippen molar-refractivity contribution in [1.29, 1.82) is 0 Å². The molecule has 0 aliphatic carbocycles. The van der Waals surface area contributed by atoms with E-state index in [2.05, 4.69) is 5.32 Å². The van der Waals surface area contributed by atoms with Gasteiger partial charge in [-0.1, -0.05) is 24.3 Å². The number of halogens is 1. The van der Waals surface area contributed by atoms with Crippen LogP contribution in [0.5, 0.6) is 0 Å². The van der Waals surface area contributed by atoms with Crippen LogP contribution in [0.2, 0.25) is 0 Å². The molecule has 7 nitrogen and oxygen atoms in total. The van der Waals surface area contributed by atoms with Gasteiger partial charge in [-0.05, 0) is 36.4 Å². The average molecular weight is 417 g/mol. The average Bonchev–Trinajstić information content (AvgIpc) is 3.14. The van der Waals surface area contributed by atoms with Crippen molar-refractivity contribution in [3.63, 3.8) is 0 Å². The third-order valence-electron chi connectivity index (χ3n) is 3.82. The molecule has 1 N–H and O–H groups in total. The Hall–Kier alpha value is -3.46. The van der Waals surface area contributed by atoms with Gasteiger partial charge in [0.15, 0.2) is 16.4 Å². The van der Waals surface area contributed by atoms with Crippen LogP contribution in [0.3, 0.4) is 0 Å². The van der Waals surface area contributed by atoms with Crippen LogP contribution in [0.4, 0.5) is 10.1 Å². The van der Waals surface area contributed by atoms with Gasteiger partial charge in [0.2, 0.25) is 5.76 Å². The van der Waals surface area contributed by atoms with Crippen molar-refractivity contribution in [3.8, 4) is 0 Å². The molecule has 150 valence electrons. The molecule has 9 heteroatoms. The van der Waals surface area contributed by atoms with Gasteiger partial charge in [0.05, 0.1) is 16.9 Å². The molecule has 1 amide bonds. The summed E-state index contributed by atoms with van der Waals surface area (Å²) in [6.45, 7) is -0.652. The Morgan fingerprint density at radius 2 is 1.79 bits per heavy atom. The molecule has 0 bridgehead atoms. The molecule has 0 fully saturated rings. The van der Waals surface area contributed by atoms with Gasteiger partial charge in [-0.3, -0.25) is 4.79 Å². The fourth-order valence-corrected chi connectivity index (χ4v) is 3.88. The van der Waals surface area contributed by atoms with E-state index in [0.717, 1.165) is 6.07 Å².